The van der Waals surface area contributed by atoms with Crippen molar-refractivity contribution < 1.29 is 0 Å². The highest BCUT2D eigenvalue weighted by atomic mass is 15.3. The summed E-state index contributed by atoms with van der Waals surface area (Å²) in [6.45, 7) is 4.73. The van der Waals surface area contributed by atoms with Crippen LogP contribution in [-0.4, -0.2) is 0 Å². The summed E-state index contributed by atoms with van der Waals surface area (Å²) in [5.74, 6) is 0. The number of benzene rings is 7. The van der Waals surface area contributed by atoms with Gasteiger partial charge in [0.1, 0.15) is 0 Å². The topological polar surface area (TPSA) is 6.48 Å². The molecule has 2 heteroatoms. The summed E-state index contributed by atoms with van der Waals surface area (Å²) < 4.78 is 0. The second-order valence-corrected chi connectivity index (χ2v) is 13.0. The van der Waals surface area contributed by atoms with Crippen LogP contribution in [0.25, 0.3) is 44.2 Å². The van der Waals surface area contributed by atoms with E-state index in [1.807, 2.05) is 0 Å². The third-order valence-corrected chi connectivity index (χ3v) is 10.3. The number of fused-ring (bicyclic) bond motifs is 12. The quantitative estimate of drug-likeness (QED) is 0.192. The molecule has 212 valence electrons. The lowest BCUT2D eigenvalue weighted by atomic mass is 9.82. The molecule has 3 aliphatic rings. The SMILES string of the molecule is CC1(C)c2ccccc2-c2ccc(N3c4cccc5c4N(c4ccccc4-c4ccccc4-5)c4ccc5ccccc5c43)cc21. The van der Waals surface area contributed by atoms with Crippen molar-refractivity contribution >= 4 is 44.9 Å². The zero-order chi connectivity index (χ0) is 29.9. The molecule has 0 unspecified atom stereocenters. The zero-order valence-corrected chi connectivity index (χ0v) is 25.3. The van der Waals surface area contributed by atoms with E-state index in [0.29, 0.717) is 0 Å². The fourth-order valence-electron chi connectivity index (χ4n) is 8.26. The molecule has 0 amide bonds. The van der Waals surface area contributed by atoms with Crippen LogP contribution in [0.5, 0.6) is 0 Å². The Morgan fingerprint density at radius 2 is 1.02 bits per heavy atom. The Kier molecular flexibility index (Phi) is 4.82. The zero-order valence-electron chi connectivity index (χ0n) is 25.3. The minimum atomic E-state index is -0.0865. The van der Waals surface area contributed by atoms with Crippen molar-refractivity contribution in [2.45, 2.75) is 19.3 Å². The lowest BCUT2D eigenvalue weighted by molar-refractivity contribution is 0.660. The van der Waals surface area contributed by atoms with Gasteiger partial charge in [0.05, 0.1) is 28.4 Å². The van der Waals surface area contributed by atoms with Gasteiger partial charge in [0.2, 0.25) is 0 Å². The number of hydrogen-bond donors (Lipinski definition) is 0. The van der Waals surface area contributed by atoms with E-state index < -0.39 is 0 Å². The molecule has 0 saturated carbocycles. The average molecular weight is 575 g/mol. The maximum Gasteiger partial charge on any atom is 0.0782 e. The minimum absolute atomic E-state index is 0.0865. The van der Waals surface area contributed by atoms with Crippen LogP contribution in [-0.2, 0) is 5.41 Å². The van der Waals surface area contributed by atoms with Crippen molar-refractivity contribution in [1.82, 2.24) is 0 Å². The second-order valence-electron chi connectivity index (χ2n) is 13.0. The first-order chi connectivity index (χ1) is 22.1. The molecule has 0 N–H and O–H groups in total. The second kappa shape index (κ2) is 8.74. The Hall–Kier alpha value is -5.60. The van der Waals surface area contributed by atoms with Crippen LogP contribution in [0.4, 0.5) is 34.1 Å². The summed E-state index contributed by atoms with van der Waals surface area (Å²) in [6.07, 6.45) is 0. The molecule has 2 aliphatic heterocycles. The lowest BCUT2D eigenvalue weighted by Crippen LogP contribution is -2.25. The summed E-state index contributed by atoms with van der Waals surface area (Å²) in [5.41, 5.74) is 17.6. The van der Waals surface area contributed by atoms with Crippen molar-refractivity contribution in [3.05, 3.63) is 157 Å². The largest absolute Gasteiger partial charge is 0.306 e. The highest BCUT2D eigenvalue weighted by Gasteiger charge is 2.39. The Bertz CT molecular complexity index is 2380. The predicted molar refractivity (Wildman–Crippen MR) is 189 cm³/mol. The molecule has 2 nitrogen and oxygen atoms in total. The van der Waals surface area contributed by atoms with Crippen molar-refractivity contribution in [1.29, 1.82) is 0 Å². The van der Waals surface area contributed by atoms with Crippen LogP contribution >= 0.6 is 0 Å². The Balaban J connectivity index is 1.33. The fourth-order valence-corrected chi connectivity index (χ4v) is 8.26. The van der Waals surface area contributed by atoms with Crippen molar-refractivity contribution in [3.8, 4) is 33.4 Å². The number of para-hydroxylation sites is 2. The lowest BCUT2D eigenvalue weighted by Gasteiger charge is -2.42. The maximum absolute atomic E-state index is 2.53. The van der Waals surface area contributed by atoms with Crippen LogP contribution < -0.4 is 9.80 Å². The Labute approximate surface area is 263 Å². The van der Waals surface area contributed by atoms with Gasteiger partial charge in [-0.05, 0) is 69.1 Å². The van der Waals surface area contributed by atoms with E-state index >= 15 is 0 Å². The van der Waals surface area contributed by atoms with E-state index in [1.54, 1.807) is 0 Å². The van der Waals surface area contributed by atoms with Crippen LogP contribution in [0.3, 0.4) is 0 Å². The fraction of sp³-hybridized carbons (Fsp3) is 0.0698. The monoisotopic (exact) mass is 574 g/mol. The summed E-state index contributed by atoms with van der Waals surface area (Å²) in [6, 6.07) is 54.0. The van der Waals surface area contributed by atoms with E-state index in [-0.39, 0.29) is 5.41 Å². The molecule has 7 aromatic carbocycles. The molecule has 0 atom stereocenters. The third kappa shape index (κ3) is 3.18. The van der Waals surface area contributed by atoms with E-state index in [9.17, 15) is 0 Å². The first kappa shape index (κ1) is 24.8. The molecule has 0 spiro atoms. The minimum Gasteiger partial charge on any atom is -0.306 e. The first-order valence-electron chi connectivity index (χ1n) is 15.8. The predicted octanol–water partition coefficient (Wildman–Crippen LogP) is 12.0. The molecule has 0 aromatic heterocycles. The average Bonchev–Trinajstić information content (AvgIpc) is 3.23. The van der Waals surface area contributed by atoms with Crippen LogP contribution in [0.1, 0.15) is 25.0 Å². The van der Waals surface area contributed by atoms with Crippen LogP contribution in [0, 0.1) is 0 Å². The molecule has 0 radical (unpaired) electrons. The van der Waals surface area contributed by atoms with E-state index in [2.05, 4.69) is 169 Å². The molecule has 2 heterocycles. The van der Waals surface area contributed by atoms with Gasteiger partial charge in [-0.3, -0.25) is 0 Å². The number of nitrogens with zero attached hydrogens (tertiary/aromatic N) is 2. The maximum atomic E-state index is 2.53. The third-order valence-electron chi connectivity index (χ3n) is 10.3. The van der Waals surface area contributed by atoms with E-state index in [0.717, 1.165) is 0 Å². The van der Waals surface area contributed by atoms with Gasteiger partial charge in [-0.25, -0.2) is 0 Å². The molecule has 45 heavy (non-hydrogen) atoms. The van der Waals surface area contributed by atoms with Gasteiger partial charge in [0, 0.05) is 27.6 Å². The number of hydrogen-bond acceptors (Lipinski definition) is 2. The van der Waals surface area contributed by atoms with Gasteiger partial charge in [-0.1, -0.05) is 129 Å². The van der Waals surface area contributed by atoms with E-state index in [1.165, 1.54) is 89.4 Å². The normalized spacial score (nSPS) is 14.5. The molecule has 0 bridgehead atoms. The molecule has 1 aliphatic carbocycles. The number of rotatable bonds is 1. The van der Waals surface area contributed by atoms with Gasteiger partial charge in [0.15, 0.2) is 0 Å². The van der Waals surface area contributed by atoms with Crippen LogP contribution in [0.2, 0.25) is 0 Å². The van der Waals surface area contributed by atoms with Gasteiger partial charge in [-0.15, -0.1) is 0 Å². The number of anilines is 6. The molecule has 7 aromatic rings. The van der Waals surface area contributed by atoms with Crippen molar-refractivity contribution in [3.63, 3.8) is 0 Å². The molecule has 10 rings (SSSR count). The van der Waals surface area contributed by atoms with Crippen LogP contribution in [0.15, 0.2) is 146 Å². The molecular formula is C43H30N2. The van der Waals surface area contributed by atoms with Gasteiger partial charge >= 0.3 is 0 Å². The van der Waals surface area contributed by atoms with E-state index in [4.69, 9.17) is 0 Å². The molecule has 0 fully saturated rings. The Morgan fingerprint density at radius 3 is 1.89 bits per heavy atom. The van der Waals surface area contributed by atoms with Crippen molar-refractivity contribution in [2.75, 3.05) is 9.80 Å². The van der Waals surface area contributed by atoms with Crippen molar-refractivity contribution in [2.24, 2.45) is 0 Å². The summed E-state index contributed by atoms with van der Waals surface area (Å²) in [5, 5.41) is 2.48. The van der Waals surface area contributed by atoms with Gasteiger partial charge in [-0.2, -0.15) is 0 Å². The Morgan fingerprint density at radius 1 is 0.400 bits per heavy atom. The highest BCUT2D eigenvalue weighted by Crippen LogP contribution is 2.62. The summed E-state index contributed by atoms with van der Waals surface area (Å²) in [7, 11) is 0. The molecule has 0 saturated heterocycles. The van der Waals surface area contributed by atoms with Gasteiger partial charge < -0.3 is 9.80 Å². The summed E-state index contributed by atoms with van der Waals surface area (Å²) >= 11 is 0. The highest BCUT2D eigenvalue weighted by molar-refractivity contribution is 6.17. The van der Waals surface area contributed by atoms with Gasteiger partial charge in [0.25, 0.3) is 0 Å². The smallest absolute Gasteiger partial charge is 0.0782 e. The summed E-state index contributed by atoms with van der Waals surface area (Å²) in [4.78, 5) is 5.05. The first-order valence-corrected chi connectivity index (χ1v) is 15.8. The molecular weight excluding hydrogens is 544 g/mol. The standard InChI is InChI=1S/C43H30N2/c1-43(2)36-19-9-7-16-32(36)33-24-23-28(26-37(33)43)44-39-21-11-18-35-31-15-6-5-14-30(31)34-17-8-10-20-38(34)45(42(35)39)40-25-22-27-12-3-4-13-29(27)41(40)44/h3-26H,1-2H3.